The van der Waals surface area contributed by atoms with Crippen LogP contribution in [0, 0.1) is 5.92 Å². The Morgan fingerprint density at radius 1 is 1.09 bits per heavy atom. The number of nitrogens with one attached hydrogen (secondary N) is 1. The van der Waals surface area contributed by atoms with E-state index in [1.165, 1.54) is 45.6 Å². The zero-order chi connectivity index (χ0) is 16.2. The summed E-state index contributed by atoms with van der Waals surface area (Å²) in [5, 5.41) is 2.88. The fraction of sp³-hybridized carbons (Fsp3) is 0.889. The van der Waals surface area contributed by atoms with E-state index < -0.39 is 6.04 Å². The molecule has 0 heterocycles. The van der Waals surface area contributed by atoms with Crippen molar-refractivity contribution in [3.63, 3.8) is 0 Å². The Morgan fingerprint density at radius 2 is 1.73 bits per heavy atom. The average Bonchev–Trinajstić information content (AvgIpc) is 3.01. The highest BCUT2D eigenvalue weighted by Gasteiger charge is 2.24. The molecule has 4 nitrogen and oxygen atoms in total. The molecule has 0 aromatic rings. The van der Waals surface area contributed by atoms with Gasteiger partial charge >= 0.3 is 5.97 Å². The lowest BCUT2D eigenvalue weighted by molar-refractivity contribution is -0.145. The van der Waals surface area contributed by atoms with Crippen LogP contribution in [0.15, 0.2) is 0 Å². The van der Waals surface area contributed by atoms with E-state index in [0.29, 0.717) is 18.8 Å². The number of esters is 1. The van der Waals surface area contributed by atoms with Gasteiger partial charge in [-0.05, 0) is 25.2 Å². The molecule has 22 heavy (non-hydrogen) atoms. The Hall–Kier alpha value is -1.06. The Balaban J connectivity index is 2.26. The van der Waals surface area contributed by atoms with E-state index in [4.69, 9.17) is 4.74 Å². The van der Waals surface area contributed by atoms with E-state index in [1.54, 1.807) is 0 Å². The fourth-order valence-corrected chi connectivity index (χ4v) is 3.25. The summed E-state index contributed by atoms with van der Waals surface area (Å²) in [6.07, 6.45) is 13.1. The molecule has 1 N–H and O–H groups in total. The van der Waals surface area contributed by atoms with Gasteiger partial charge in [-0.1, -0.05) is 58.3 Å². The minimum atomic E-state index is -0.468. The van der Waals surface area contributed by atoms with Gasteiger partial charge in [-0.25, -0.2) is 4.79 Å². The van der Waals surface area contributed by atoms with Crippen molar-refractivity contribution in [2.75, 3.05) is 7.11 Å². The van der Waals surface area contributed by atoms with Gasteiger partial charge in [0.1, 0.15) is 6.04 Å². The molecule has 1 aliphatic carbocycles. The second-order valence-corrected chi connectivity index (χ2v) is 6.55. The van der Waals surface area contributed by atoms with Crippen LogP contribution in [0.4, 0.5) is 0 Å². The topological polar surface area (TPSA) is 55.4 Å². The molecule has 0 radical (unpaired) electrons. The molecule has 1 saturated carbocycles. The maximum atomic E-state index is 12.1. The number of ether oxygens (including phenoxy) is 1. The molecule has 0 bridgehead atoms. The van der Waals surface area contributed by atoms with Crippen molar-refractivity contribution in [2.45, 2.75) is 90.0 Å². The molecule has 1 aliphatic rings. The second-order valence-electron chi connectivity index (χ2n) is 6.55. The van der Waals surface area contributed by atoms with Gasteiger partial charge in [-0.3, -0.25) is 4.79 Å². The van der Waals surface area contributed by atoms with Gasteiger partial charge in [-0.2, -0.15) is 0 Å². The van der Waals surface area contributed by atoms with E-state index in [0.717, 1.165) is 25.7 Å². The van der Waals surface area contributed by atoms with E-state index in [1.807, 2.05) is 0 Å². The summed E-state index contributed by atoms with van der Waals surface area (Å²) in [6, 6.07) is -0.468. The van der Waals surface area contributed by atoms with Crippen LogP contribution in [0.3, 0.4) is 0 Å². The normalized spacial score (nSPS) is 16.5. The maximum absolute atomic E-state index is 12.1. The number of rotatable bonds is 11. The van der Waals surface area contributed by atoms with Gasteiger partial charge in [0.25, 0.3) is 0 Å². The van der Waals surface area contributed by atoms with Gasteiger partial charge in [0, 0.05) is 6.42 Å². The molecule has 1 amide bonds. The lowest BCUT2D eigenvalue weighted by Gasteiger charge is -2.17. The number of hydrogen-bond acceptors (Lipinski definition) is 3. The van der Waals surface area contributed by atoms with Crippen LogP contribution >= 0.6 is 0 Å². The van der Waals surface area contributed by atoms with E-state index in [9.17, 15) is 9.59 Å². The molecule has 4 heteroatoms. The third-order valence-corrected chi connectivity index (χ3v) is 4.62. The molecule has 1 rings (SSSR count). The first kappa shape index (κ1) is 19.0. The Morgan fingerprint density at radius 3 is 2.36 bits per heavy atom. The predicted octanol–water partition coefficient (Wildman–Crippen LogP) is 3.98. The predicted molar refractivity (Wildman–Crippen MR) is 88.5 cm³/mol. The highest BCUT2D eigenvalue weighted by atomic mass is 16.5. The summed E-state index contributed by atoms with van der Waals surface area (Å²) in [6.45, 7) is 2.20. The molecular formula is C18H33NO3. The minimum absolute atomic E-state index is 0.00767. The Labute approximate surface area is 135 Å². The smallest absolute Gasteiger partial charge is 0.328 e. The first-order valence-electron chi connectivity index (χ1n) is 9.04. The van der Waals surface area contributed by atoms with Crippen molar-refractivity contribution in [1.29, 1.82) is 0 Å². The van der Waals surface area contributed by atoms with Crippen molar-refractivity contribution in [1.82, 2.24) is 5.32 Å². The largest absolute Gasteiger partial charge is 0.467 e. The van der Waals surface area contributed by atoms with Crippen LogP contribution in [0.25, 0.3) is 0 Å². The lowest BCUT2D eigenvalue weighted by Crippen LogP contribution is -2.42. The zero-order valence-corrected chi connectivity index (χ0v) is 14.4. The fourth-order valence-electron chi connectivity index (χ4n) is 3.25. The quantitative estimate of drug-likeness (QED) is 0.464. The van der Waals surface area contributed by atoms with Gasteiger partial charge in [0.15, 0.2) is 0 Å². The van der Waals surface area contributed by atoms with Crippen LogP contribution < -0.4 is 5.32 Å². The molecule has 1 fully saturated rings. The van der Waals surface area contributed by atoms with Crippen molar-refractivity contribution in [3.05, 3.63) is 0 Å². The van der Waals surface area contributed by atoms with Crippen LogP contribution in [0.1, 0.15) is 84.0 Å². The number of unbranched alkanes of at least 4 members (excludes halogenated alkanes) is 5. The molecule has 0 unspecified atom stereocenters. The highest BCUT2D eigenvalue weighted by Crippen LogP contribution is 2.27. The lowest BCUT2D eigenvalue weighted by atomic mass is 10.0. The average molecular weight is 311 g/mol. The summed E-state index contributed by atoms with van der Waals surface area (Å²) in [7, 11) is 1.39. The Bertz CT molecular complexity index is 324. The molecule has 128 valence electrons. The molecule has 0 aliphatic heterocycles. The van der Waals surface area contributed by atoms with Gasteiger partial charge in [0.2, 0.25) is 5.91 Å². The van der Waals surface area contributed by atoms with Crippen LogP contribution in [0.5, 0.6) is 0 Å². The number of hydrogen-bond donors (Lipinski definition) is 1. The number of carbonyl (C=O) groups excluding carboxylic acids is 2. The Kier molecular flexibility index (Phi) is 9.93. The SMILES string of the molecule is CCCCCCCC[C@@H](NC(=O)CC1CCCC1)C(=O)OC. The standard InChI is InChI=1S/C18H33NO3/c1-3-4-5-6-7-8-13-16(18(21)22-2)19-17(20)14-15-11-9-10-12-15/h15-16H,3-14H2,1-2H3,(H,19,20)/t16-/m1/s1. The first-order valence-corrected chi connectivity index (χ1v) is 9.04. The van der Waals surface area contributed by atoms with Gasteiger partial charge in [-0.15, -0.1) is 0 Å². The zero-order valence-electron chi connectivity index (χ0n) is 14.4. The molecular weight excluding hydrogens is 278 g/mol. The minimum Gasteiger partial charge on any atom is -0.467 e. The maximum Gasteiger partial charge on any atom is 0.328 e. The van der Waals surface area contributed by atoms with Gasteiger partial charge in [0.05, 0.1) is 7.11 Å². The number of methoxy groups -OCH3 is 1. The van der Waals surface area contributed by atoms with Crippen LogP contribution in [0.2, 0.25) is 0 Å². The van der Waals surface area contributed by atoms with Crippen LogP contribution in [-0.2, 0) is 14.3 Å². The first-order chi connectivity index (χ1) is 10.7. The van der Waals surface area contributed by atoms with E-state index >= 15 is 0 Å². The third-order valence-electron chi connectivity index (χ3n) is 4.62. The molecule has 0 aromatic carbocycles. The number of carbonyl (C=O) groups is 2. The third kappa shape index (κ3) is 7.81. The summed E-state index contributed by atoms with van der Waals surface area (Å²) < 4.78 is 4.83. The molecule has 0 spiro atoms. The van der Waals surface area contributed by atoms with Crippen molar-refractivity contribution >= 4 is 11.9 Å². The second kappa shape index (κ2) is 11.5. The van der Waals surface area contributed by atoms with Crippen LogP contribution in [-0.4, -0.2) is 25.0 Å². The van der Waals surface area contributed by atoms with E-state index in [2.05, 4.69) is 12.2 Å². The highest BCUT2D eigenvalue weighted by molar-refractivity contribution is 5.84. The summed E-state index contributed by atoms with van der Waals surface area (Å²) in [5.74, 6) is 0.203. The van der Waals surface area contributed by atoms with Crippen molar-refractivity contribution in [2.24, 2.45) is 5.92 Å². The summed E-state index contributed by atoms with van der Waals surface area (Å²) in [5.41, 5.74) is 0. The van der Waals surface area contributed by atoms with E-state index in [-0.39, 0.29) is 11.9 Å². The van der Waals surface area contributed by atoms with Gasteiger partial charge < -0.3 is 10.1 Å². The summed E-state index contributed by atoms with van der Waals surface area (Å²) in [4.78, 5) is 23.9. The number of amides is 1. The molecule has 0 saturated heterocycles. The van der Waals surface area contributed by atoms with Crippen molar-refractivity contribution in [3.8, 4) is 0 Å². The monoisotopic (exact) mass is 311 g/mol. The molecule has 0 aromatic heterocycles. The van der Waals surface area contributed by atoms with Crippen molar-refractivity contribution < 1.29 is 14.3 Å². The summed E-state index contributed by atoms with van der Waals surface area (Å²) >= 11 is 0. The molecule has 1 atom stereocenters.